The molecule has 4 aliphatic rings. The summed E-state index contributed by atoms with van der Waals surface area (Å²) in [6.07, 6.45) is 0. The summed E-state index contributed by atoms with van der Waals surface area (Å²) in [7, 11) is -2.78. The van der Waals surface area contributed by atoms with Gasteiger partial charge in [-0.2, -0.15) is 0 Å². The Balaban J connectivity index is 1.33. The van der Waals surface area contributed by atoms with Gasteiger partial charge in [-0.25, -0.2) is 0 Å². The minimum Gasteiger partial charge on any atom is -0.458 e. The zero-order chi connectivity index (χ0) is 32.4. The van der Waals surface area contributed by atoms with E-state index in [2.05, 4.69) is 170 Å². The number of anilines is 3. The fourth-order valence-corrected chi connectivity index (χ4v) is 14.9. The van der Waals surface area contributed by atoms with E-state index < -0.39 is 8.07 Å². The van der Waals surface area contributed by atoms with Crippen LogP contribution in [0.25, 0.3) is 0 Å². The predicted molar refractivity (Wildman–Crippen MR) is 210 cm³/mol. The van der Waals surface area contributed by atoms with Gasteiger partial charge in [-0.05, 0) is 86.2 Å². The molecule has 0 saturated heterocycles. The van der Waals surface area contributed by atoms with Crippen LogP contribution in [0.4, 0.5) is 17.1 Å². The van der Waals surface area contributed by atoms with Crippen molar-refractivity contribution in [2.24, 2.45) is 0 Å². The third-order valence-corrected chi connectivity index (χ3v) is 16.5. The Hall–Kier alpha value is -5.51. The van der Waals surface area contributed by atoms with Gasteiger partial charge in [0.1, 0.15) is 11.5 Å². The number of nitrogens with zero attached hydrogens (tertiary/aromatic N) is 1. The zero-order valence-corrected chi connectivity index (χ0v) is 28.4. The van der Waals surface area contributed by atoms with Crippen LogP contribution in [-0.4, -0.2) is 21.5 Å². The zero-order valence-electron chi connectivity index (χ0n) is 27.4. The topological polar surface area (TPSA) is 12.5 Å². The first-order chi connectivity index (χ1) is 24.1. The normalized spacial score (nSPS) is 14.9. The van der Waals surface area contributed by atoms with Crippen molar-refractivity contribution in [3.63, 3.8) is 0 Å². The molecule has 0 amide bonds. The predicted octanol–water partition coefficient (Wildman–Crippen LogP) is 3.23. The minimum absolute atomic E-state index is 0.0885. The number of para-hydroxylation sites is 2. The number of hydrogen-bond donors (Lipinski definition) is 0. The van der Waals surface area contributed by atoms with E-state index in [0.29, 0.717) is 0 Å². The first-order valence-corrected chi connectivity index (χ1v) is 19.3. The molecule has 4 heterocycles. The molecule has 0 aliphatic carbocycles. The van der Waals surface area contributed by atoms with Crippen LogP contribution >= 0.6 is 0 Å². The van der Waals surface area contributed by atoms with E-state index in [9.17, 15) is 0 Å². The molecule has 7 aromatic rings. The molecule has 0 radical (unpaired) electrons. The molecular weight excluding hydrogens is 608 g/mol. The Labute approximate surface area is 288 Å². The first-order valence-electron chi connectivity index (χ1n) is 17.3. The Morgan fingerprint density at radius 2 is 1.04 bits per heavy atom. The smallest absolute Gasteiger partial charge is 0.256 e. The van der Waals surface area contributed by atoms with Crippen molar-refractivity contribution >= 4 is 92.1 Å². The maximum absolute atomic E-state index is 6.64. The van der Waals surface area contributed by atoms with Gasteiger partial charge in [0, 0.05) is 17.1 Å². The lowest BCUT2D eigenvalue weighted by molar-refractivity contribution is 0.487. The van der Waals surface area contributed by atoms with Crippen LogP contribution in [-0.2, 0) is 0 Å². The summed E-state index contributed by atoms with van der Waals surface area (Å²) >= 11 is 0. The van der Waals surface area contributed by atoms with Crippen LogP contribution in [0, 0.1) is 13.8 Å². The van der Waals surface area contributed by atoms with E-state index in [1.165, 1.54) is 81.7 Å². The summed E-state index contributed by atoms with van der Waals surface area (Å²) in [6.45, 7) is 4.61. The average molecular weight is 639 g/mol. The van der Waals surface area contributed by atoms with Crippen molar-refractivity contribution in [2.45, 2.75) is 13.8 Å². The second-order valence-electron chi connectivity index (χ2n) is 14.1. The van der Waals surface area contributed by atoms with Crippen LogP contribution < -0.4 is 63.2 Å². The fraction of sp³-hybridized carbons (Fsp3) is 0.0455. The highest BCUT2D eigenvalue weighted by Crippen LogP contribution is 2.41. The van der Waals surface area contributed by atoms with Gasteiger partial charge in [-0.3, -0.25) is 0 Å². The molecule has 0 saturated carbocycles. The summed E-state index contributed by atoms with van der Waals surface area (Å²) in [4.78, 5) is 2.59. The third-order valence-electron chi connectivity index (χ3n) is 11.6. The van der Waals surface area contributed by atoms with Crippen molar-refractivity contribution in [2.75, 3.05) is 4.90 Å². The van der Waals surface area contributed by atoms with Crippen LogP contribution in [0.1, 0.15) is 11.1 Å². The number of ether oxygens (including phenoxy) is 1. The Morgan fingerprint density at radius 1 is 0.449 bits per heavy atom. The summed E-state index contributed by atoms with van der Waals surface area (Å²) < 4.78 is 6.64. The van der Waals surface area contributed by atoms with E-state index >= 15 is 0 Å². The van der Waals surface area contributed by atoms with Crippen molar-refractivity contribution in [3.8, 4) is 11.5 Å². The van der Waals surface area contributed by atoms with Gasteiger partial charge in [0.25, 0.3) is 6.71 Å². The molecule has 0 fully saturated rings. The minimum atomic E-state index is -2.78. The highest BCUT2D eigenvalue weighted by atomic mass is 28.3. The molecule has 5 heteroatoms. The summed E-state index contributed by atoms with van der Waals surface area (Å²) in [6, 6.07) is 57.8. The maximum Gasteiger partial charge on any atom is 0.256 e. The summed E-state index contributed by atoms with van der Waals surface area (Å²) in [5.74, 6) is 1.91. The molecule has 0 bridgehead atoms. The highest BCUT2D eigenvalue weighted by Gasteiger charge is 2.55. The summed E-state index contributed by atoms with van der Waals surface area (Å²) in [5, 5.41) is 5.87. The van der Waals surface area contributed by atoms with Crippen molar-refractivity contribution in [1.29, 1.82) is 0 Å². The molecular formula is C44H31B2NOSi. The molecule has 0 unspecified atom stereocenters. The molecule has 0 atom stereocenters. The largest absolute Gasteiger partial charge is 0.458 e. The molecule has 4 aliphatic heterocycles. The average Bonchev–Trinajstić information content (AvgIpc) is 3.15. The lowest BCUT2D eigenvalue weighted by atomic mass is 9.30. The summed E-state index contributed by atoms with van der Waals surface area (Å²) in [5.41, 5.74) is 14.6. The molecule has 49 heavy (non-hydrogen) atoms. The Morgan fingerprint density at radius 3 is 1.80 bits per heavy atom. The van der Waals surface area contributed by atoms with Gasteiger partial charge < -0.3 is 9.64 Å². The number of fused-ring (bicyclic) bond motifs is 9. The van der Waals surface area contributed by atoms with Crippen molar-refractivity contribution < 1.29 is 4.74 Å². The number of rotatable bonds is 2. The van der Waals surface area contributed by atoms with E-state index in [1.807, 2.05) is 0 Å². The molecule has 0 N–H and O–H groups in total. The van der Waals surface area contributed by atoms with Crippen molar-refractivity contribution in [3.05, 3.63) is 163 Å². The van der Waals surface area contributed by atoms with Crippen LogP contribution in [0.15, 0.2) is 152 Å². The van der Waals surface area contributed by atoms with Gasteiger partial charge in [-0.1, -0.05) is 144 Å². The van der Waals surface area contributed by atoms with Crippen LogP contribution in [0.2, 0.25) is 0 Å². The molecule has 2 nitrogen and oxygen atoms in total. The molecule has 11 rings (SSSR count). The van der Waals surface area contributed by atoms with Gasteiger partial charge >= 0.3 is 0 Å². The Bertz CT molecular complexity index is 2480. The van der Waals surface area contributed by atoms with Crippen LogP contribution in [0.3, 0.4) is 0 Å². The van der Waals surface area contributed by atoms with E-state index in [4.69, 9.17) is 4.74 Å². The van der Waals surface area contributed by atoms with Crippen molar-refractivity contribution in [1.82, 2.24) is 0 Å². The second-order valence-corrected chi connectivity index (χ2v) is 17.9. The number of aryl methyl sites for hydroxylation is 2. The lowest BCUT2D eigenvalue weighted by Crippen LogP contribution is -2.88. The van der Waals surface area contributed by atoms with Gasteiger partial charge in [0.05, 0.1) is 0 Å². The van der Waals surface area contributed by atoms with E-state index in [-0.39, 0.29) is 13.4 Å². The first kappa shape index (κ1) is 27.4. The Kier molecular flexibility index (Phi) is 5.47. The number of hydrogen-bond acceptors (Lipinski definition) is 2. The highest BCUT2D eigenvalue weighted by molar-refractivity contribution is 7.27. The van der Waals surface area contributed by atoms with E-state index in [0.717, 1.165) is 11.5 Å². The molecule has 0 aromatic heterocycles. The second kappa shape index (κ2) is 9.78. The molecule has 7 aromatic carbocycles. The van der Waals surface area contributed by atoms with E-state index in [1.54, 1.807) is 0 Å². The fourth-order valence-electron chi connectivity index (χ4n) is 9.66. The van der Waals surface area contributed by atoms with Gasteiger partial charge in [-0.15, -0.1) is 0 Å². The third kappa shape index (κ3) is 3.43. The molecule has 0 spiro atoms. The SMILES string of the molecule is Cc1ccc([Si]2(c3ccc(C)cc3)c3ccccc3B3c4ccccc4N4c5cccc6c5B(c5ccccc5O6)c5ccc2c3c54)cc1. The monoisotopic (exact) mass is 639 g/mol. The maximum atomic E-state index is 6.64. The lowest BCUT2D eigenvalue weighted by Gasteiger charge is -2.50. The van der Waals surface area contributed by atoms with Gasteiger partial charge in [0.15, 0.2) is 8.07 Å². The van der Waals surface area contributed by atoms with Gasteiger partial charge in [0.2, 0.25) is 6.71 Å². The standard InChI is InChI=1S/C44H31B2NOSi/c1-28-18-22-30(23-19-28)49(31-24-20-29(2)21-25-31)40-17-8-5-12-34(40)45-32-10-3-6-13-36(32)47-37-14-9-16-39-42(37)46(33-11-4-7-15-38(33)48-39)35-26-27-41(49)43(45)44(35)47/h3-27H,1-2H3. The quantitative estimate of drug-likeness (QED) is 0.270. The molecule has 228 valence electrons. The number of benzene rings is 7. The van der Waals surface area contributed by atoms with Crippen LogP contribution in [0.5, 0.6) is 11.5 Å².